The Morgan fingerprint density at radius 1 is 1.27 bits per heavy atom. The normalized spacial score (nSPS) is 20.5. The summed E-state index contributed by atoms with van der Waals surface area (Å²) in [4.78, 5) is 0. The van der Waals surface area contributed by atoms with Gasteiger partial charge in [-0.2, -0.15) is 12.6 Å². The van der Waals surface area contributed by atoms with Crippen LogP contribution >= 0.6 is 24.2 Å². The number of phenols is 1. The number of rotatable bonds is 3. The second-order valence-electron chi connectivity index (χ2n) is 6.63. The van der Waals surface area contributed by atoms with Crippen molar-refractivity contribution in [1.29, 1.82) is 0 Å². The van der Waals surface area contributed by atoms with Crippen LogP contribution in [0, 0.1) is 6.92 Å². The molecule has 3 nitrogen and oxygen atoms in total. The second-order valence-corrected chi connectivity index (χ2v) is 7.38. The number of halogens is 1. The van der Waals surface area contributed by atoms with Crippen molar-refractivity contribution in [3.63, 3.8) is 0 Å². The summed E-state index contributed by atoms with van der Waals surface area (Å²) in [7, 11) is -0.485. The molecular weight excluding hydrogens is 319 g/mol. The molecule has 0 radical (unpaired) electrons. The summed E-state index contributed by atoms with van der Waals surface area (Å²) < 4.78 is 12.1. The molecule has 1 saturated heterocycles. The Bertz CT molecular complexity index is 598. The minimum absolute atomic E-state index is 0.209. The van der Waals surface area contributed by atoms with Crippen molar-refractivity contribution >= 4 is 37.4 Å². The lowest BCUT2D eigenvalue weighted by Gasteiger charge is -2.32. The highest BCUT2D eigenvalue weighted by atomic mass is 35.5. The molecule has 1 aromatic rings. The molecule has 0 unspecified atom stereocenters. The standard InChI is InChI=1S/C16H22BClO3S/c1-10-6-13(18)8-11(14(10)19)7-12(9-22)17-20-15(2,3)16(4,5)21-17/h6-8,19,22H,9H2,1-5H3. The summed E-state index contributed by atoms with van der Waals surface area (Å²) >= 11 is 10.5. The third-order valence-corrected chi connectivity index (χ3v) is 4.96. The summed E-state index contributed by atoms with van der Waals surface area (Å²) in [5, 5.41) is 10.8. The van der Waals surface area contributed by atoms with E-state index < -0.39 is 18.3 Å². The van der Waals surface area contributed by atoms with Gasteiger partial charge >= 0.3 is 7.12 Å². The second kappa shape index (κ2) is 6.12. The van der Waals surface area contributed by atoms with E-state index in [1.54, 1.807) is 12.1 Å². The number of aryl methyl sites for hydroxylation is 1. The maximum atomic E-state index is 10.2. The van der Waals surface area contributed by atoms with E-state index in [-0.39, 0.29) is 5.75 Å². The summed E-state index contributed by atoms with van der Waals surface area (Å²) in [6, 6.07) is 3.45. The molecule has 1 N–H and O–H groups in total. The first kappa shape index (κ1) is 17.7. The van der Waals surface area contributed by atoms with Crippen molar-refractivity contribution in [3.05, 3.63) is 33.8 Å². The predicted octanol–water partition coefficient (Wildman–Crippen LogP) is 4.30. The molecular formula is C16H22BClO3S. The van der Waals surface area contributed by atoms with E-state index in [1.165, 1.54) is 0 Å². The average molecular weight is 341 g/mol. The Hall–Kier alpha value is -0.615. The lowest BCUT2D eigenvalue weighted by Crippen LogP contribution is -2.41. The molecule has 2 rings (SSSR count). The van der Waals surface area contributed by atoms with E-state index in [0.717, 1.165) is 11.0 Å². The lowest BCUT2D eigenvalue weighted by atomic mass is 9.78. The van der Waals surface area contributed by atoms with Crippen molar-refractivity contribution in [2.24, 2.45) is 0 Å². The number of thiol groups is 1. The number of hydrogen-bond donors (Lipinski definition) is 2. The molecule has 1 fully saturated rings. The van der Waals surface area contributed by atoms with Crippen molar-refractivity contribution < 1.29 is 14.4 Å². The predicted molar refractivity (Wildman–Crippen MR) is 95.8 cm³/mol. The number of phenolic OH excluding ortho intramolecular Hbond substituents is 1. The zero-order chi connectivity index (χ0) is 16.7. The van der Waals surface area contributed by atoms with Gasteiger partial charge in [-0.05, 0) is 57.8 Å². The van der Waals surface area contributed by atoms with Crippen LogP contribution in [-0.4, -0.2) is 29.2 Å². The largest absolute Gasteiger partial charge is 0.507 e. The highest BCUT2D eigenvalue weighted by Crippen LogP contribution is 2.39. The fourth-order valence-electron chi connectivity index (χ4n) is 2.25. The average Bonchev–Trinajstić information content (AvgIpc) is 2.60. The van der Waals surface area contributed by atoms with Crippen LogP contribution in [0.1, 0.15) is 38.8 Å². The Kier molecular flexibility index (Phi) is 4.93. The molecule has 0 aliphatic carbocycles. The smallest absolute Gasteiger partial charge is 0.491 e. The molecule has 0 saturated carbocycles. The molecule has 1 aliphatic heterocycles. The van der Waals surface area contributed by atoms with E-state index >= 15 is 0 Å². The lowest BCUT2D eigenvalue weighted by molar-refractivity contribution is 0.00578. The highest BCUT2D eigenvalue weighted by Gasteiger charge is 2.52. The molecule has 120 valence electrons. The topological polar surface area (TPSA) is 38.7 Å². The minimum Gasteiger partial charge on any atom is -0.507 e. The van der Waals surface area contributed by atoms with Crippen LogP contribution in [0.25, 0.3) is 6.08 Å². The quantitative estimate of drug-likeness (QED) is 0.636. The zero-order valence-corrected chi connectivity index (χ0v) is 15.3. The van der Waals surface area contributed by atoms with E-state index in [1.807, 2.05) is 40.7 Å². The monoisotopic (exact) mass is 340 g/mol. The molecule has 1 heterocycles. The van der Waals surface area contributed by atoms with E-state index in [0.29, 0.717) is 16.3 Å². The Labute approximate surface area is 143 Å². The maximum Gasteiger partial charge on any atom is 0.491 e. The van der Waals surface area contributed by atoms with E-state index in [4.69, 9.17) is 20.9 Å². The van der Waals surface area contributed by atoms with Gasteiger partial charge in [-0.1, -0.05) is 17.7 Å². The van der Waals surface area contributed by atoms with Gasteiger partial charge in [0.25, 0.3) is 0 Å². The van der Waals surface area contributed by atoms with Crippen molar-refractivity contribution in [1.82, 2.24) is 0 Å². The van der Waals surface area contributed by atoms with Gasteiger partial charge in [-0.3, -0.25) is 0 Å². The fraction of sp³-hybridized carbons (Fsp3) is 0.500. The summed E-state index contributed by atoms with van der Waals surface area (Å²) in [5.41, 5.74) is 1.40. The summed E-state index contributed by atoms with van der Waals surface area (Å²) in [6.07, 6.45) is 1.84. The summed E-state index contributed by atoms with van der Waals surface area (Å²) in [5.74, 6) is 0.669. The third-order valence-electron chi connectivity index (χ3n) is 4.37. The molecule has 22 heavy (non-hydrogen) atoms. The highest BCUT2D eigenvalue weighted by molar-refractivity contribution is 7.80. The van der Waals surface area contributed by atoms with Gasteiger partial charge in [0.15, 0.2) is 0 Å². The Morgan fingerprint density at radius 2 is 1.82 bits per heavy atom. The molecule has 0 atom stereocenters. The van der Waals surface area contributed by atoms with Crippen LogP contribution in [0.2, 0.25) is 5.02 Å². The first-order valence-electron chi connectivity index (χ1n) is 7.23. The van der Waals surface area contributed by atoms with Gasteiger partial charge in [0.1, 0.15) is 5.75 Å². The molecule has 6 heteroatoms. The van der Waals surface area contributed by atoms with Gasteiger partial charge in [-0.25, -0.2) is 0 Å². The molecule has 0 spiro atoms. The number of benzene rings is 1. The molecule has 0 aromatic heterocycles. The van der Waals surface area contributed by atoms with Crippen LogP contribution in [0.5, 0.6) is 5.75 Å². The van der Waals surface area contributed by atoms with Crippen molar-refractivity contribution in [2.45, 2.75) is 45.8 Å². The van der Waals surface area contributed by atoms with Crippen molar-refractivity contribution in [2.75, 3.05) is 5.75 Å². The maximum absolute atomic E-state index is 10.2. The van der Waals surface area contributed by atoms with Gasteiger partial charge < -0.3 is 14.4 Å². The fourth-order valence-corrected chi connectivity index (χ4v) is 2.78. The van der Waals surface area contributed by atoms with Crippen LogP contribution in [0.4, 0.5) is 0 Å². The minimum atomic E-state index is -0.485. The van der Waals surface area contributed by atoms with Crippen LogP contribution in [-0.2, 0) is 9.31 Å². The van der Waals surface area contributed by atoms with Crippen LogP contribution in [0.3, 0.4) is 0 Å². The van der Waals surface area contributed by atoms with Crippen LogP contribution < -0.4 is 0 Å². The number of hydrogen-bond acceptors (Lipinski definition) is 4. The van der Waals surface area contributed by atoms with Gasteiger partial charge in [0.05, 0.1) is 11.2 Å². The first-order chi connectivity index (χ1) is 10.1. The summed E-state index contributed by atoms with van der Waals surface area (Å²) in [6.45, 7) is 9.83. The van der Waals surface area contributed by atoms with Gasteiger partial charge in [-0.15, -0.1) is 0 Å². The Balaban J connectivity index is 2.38. The number of aromatic hydroxyl groups is 1. The molecule has 0 bridgehead atoms. The molecule has 1 aromatic carbocycles. The van der Waals surface area contributed by atoms with Gasteiger partial charge in [0.2, 0.25) is 0 Å². The SMILES string of the molecule is Cc1cc(Cl)cc(C=C(CS)B2OC(C)(C)C(C)(C)O2)c1O. The molecule has 1 aliphatic rings. The zero-order valence-electron chi connectivity index (χ0n) is 13.6. The van der Waals surface area contributed by atoms with E-state index in [9.17, 15) is 5.11 Å². The van der Waals surface area contributed by atoms with Gasteiger partial charge in [0, 0.05) is 16.3 Å². The first-order valence-corrected chi connectivity index (χ1v) is 8.24. The van der Waals surface area contributed by atoms with Crippen molar-refractivity contribution in [3.8, 4) is 5.75 Å². The molecule has 0 amide bonds. The third kappa shape index (κ3) is 3.33. The van der Waals surface area contributed by atoms with E-state index in [2.05, 4.69) is 12.6 Å². The van der Waals surface area contributed by atoms with Crippen LogP contribution in [0.15, 0.2) is 17.6 Å². The Morgan fingerprint density at radius 3 is 2.32 bits per heavy atom.